The lowest BCUT2D eigenvalue weighted by molar-refractivity contribution is 0.194. The normalized spacial score (nSPS) is 11.0. The molecule has 0 rings (SSSR count). The highest BCUT2D eigenvalue weighted by atomic mass is 16.5. The van der Waals surface area contributed by atoms with E-state index in [-0.39, 0.29) is 0 Å². The van der Waals surface area contributed by atoms with E-state index in [2.05, 4.69) is 24.3 Å². The fourth-order valence-electron chi connectivity index (χ4n) is 0.987. The van der Waals surface area contributed by atoms with Crippen molar-refractivity contribution in [1.29, 1.82) is 0 Å². The van der Waals surface area contributed by atoms with Crippen LogP contribution in [0, 0.1) is 0 Å². The Morgan fingerprint density at radius 2 is 1.83 bits per heavy atom. The van der Waals surface area contributed by atoms with Gasteiger partial charge in [0.1, 0.15) is 0 Å². The van der Waals surface area contributed by atoms with Crippen LogP contribution in [0.15, 0.2) is 0 Å². The van der Waals surface area contributed by atoms with E-state index >= 15 is 0 Å². The van der Waals surface area contributed by atoms with E-state index in [1.54, 1.807) is 7.11 Å². The molecule has 0 bridgehead atoms. The van der Waals surface area contributed by atoms with E-state index < -0.39 is 0 Å². The molecule has 0 aromatic carbocycles. The summed E-state index contributed by atoms with van der Waals surface area (Å²) < 4.78 is 4.94. The molecule has 0 heterocycles. The van der Waals surface area contributed by atoms with Gasteiger partial charge in [0.2, 0.25) is 0 Å². The second-order valence-corrected chi connectivity index (χ2v) is 3.25. The smallest absolute Gasteiger partial charge is 0.0474 e. The summed E-state index contributed by atoms with van der Waals surface area (Å²) in [6, 6.07) is 0. The van der Waals surface area contributed by atoms with Crippen LogP contribution in [-0.2, 0) is 4.74 Å². The number of ether oxygens (including phenoxy) is 1. The topological polar surface area (TPSA) is 24.5 Å². The van der Waals surface area contributed by atoms with E-state index in [9.17, 15) is 0 Å². The Kier molecular flexibility index (Phi) is 8.88. The monoisotopic (exact) mass is 174 g/mol. The molecule has 0 spiro atoms. The van der Waals surface area contributed by atoms with Crippen molar-refractivity contribution in [3.63, 3.8) is 0 Å². The Morgan fingerprint density at radius 1 is 1.17 bits per heavy atom. The lowest BCUT2D eigenvalue weighted by Crippen LogP contribution is -2.22. The second kappa shape index (κ2) is 8.97. The number of rotatable bonds is 8. The van der Waals surface area contributed by atoms with Crippen LogP contribution in [-0.4, -0.2) is 52.3 Å². The van der Waals surface area contributed by atoms with Gasteiger partial charge in [0.25, 0.3) is 0 Å². The molecule has 0 aliphatic rings. The summed E-state index contributed by atoms with van der Waals surface area (Å²) >= 11 is 0. The minimum Gasteiger partial charge on any atom is -0.385 e. The van der Waals surface area contributed by atoms with Crippen LogP contribution in [0.5, 0.6) is 0 Å². The zero-order chi connectivity index (χ0) is 9.23. The van der Waals surface area contributed by atoms with E-state index in [0.29, 0.717) is 0 Å². The van der Waals surface area contributed by atoms with Gasteiger partial charge in [-0.1, -0.05) is 0 Å². The Labute approximate surface area is 76.1 Å². The largest absolute Gasteiger partial charge is 0.385 e. The molecular weight excluding hydrogens is 152 g/mol. The van der Waals surface area contributed by atoms with Gasteiger partial charge in [0.15, 0.2) is 0 Å². The molecule has 3 nitrogen and oxygen atoms in total. The Balaban J connectivity index is 2.82. The van der Waals surface area contributed by atoms with Crippen LogP contribution < -0.4 is 5.32 Å². The first kappa shape index (κ1) is 11.9. The van der Waals surface area contributed by atoms with Gasteiger partial charge in [-0.15, -0.1) is 0 Å². The van der Waals surface area contributed by atoms with Crippen molar-refractivity contribution in [2.45, 2.75) is 12.8 Å². The first-order valence-corrected chi connectivity index (χ1v) is 4.61. The number of nitrogens with zero attached hydrogens (tertiary/aromatic N) is 1. The molecule has 0 saturated heterocycles. The Morgan fingerprint density at radius 3 is 2.42 bits per heavy atom. The molecule has 0 amide bonds. The van der Waals surface area contributed by atoms with Gasteiger partial charge in [0, 0.05) is 13.7 Å². The molecule has 12 heavy (non-hydrogen) atoms. The lowest BCUT2D eigenvalue weighted by Gasteiger charge is -2.09. The highest BCUT2D eigenvalue weighted by Gasteiger charge is 1.90. The molecule has 0 aromatic rings. The molecule has 0 aliphatic heterocycles. The zero-order valence-corrected chi connectivity index (χ0v) is 8.60. The summed E-state index contributed by atoms with van der Waals surface area (Å²) in [7, 11) is 5.95. The summed E-state index contributed by atoms with van der Waals surface area (Å²) in [6.07, 6.45) is 2.33. The van der Waals surface area contributed by atoms with Gasteiger partial charge in [-0.05, 0) is 46.6 Å². The van der Waals surface area contributed by atoms with Crippen LogP contribution in [0.25, 0.3) is 0 Å². The van der Waals surface area contributed by atoms with Crippen LogP contribution in [0.3, 0.4) is 0 Å². The van der Waals surface area contributed by atoms with Crippen molar-refractivity contribution in [2.24, 2.45) is 0 Å². The third-order valence-corrected chi connectivity index (χ3v) is 1.66. The fourth-order valence-corrected chi connectivity index (χ4v) is 0.987. The summed E-state index contributed by atoms with van der Waals surface area (Å²) in [5.74, 6) is 0. The van der Waals surface area contributed by atoms with Gasteiger partial charge < -0.3 is 15.0 Å². The molecule has 1 N–H and O–H groups in total. The number of hydrogen-bond acceptors (Lipinski definition) is 3. The molecule has 0 atom stereocenters. The van der Waals surface area contributed by atoms with E-state index in [4.69, 9.17) is 4.74 Å². The van der Waals surface area contributed by atoms with Gasteiger partial charge >= 0.3 is 0 Å². The van der Waals surface area contributed by atoms with Crippen LogP contribution >= 0.6 is 0 Å². The average molecular weight is 174 g/mol. The molecule has 0 aliphatic carbocycles. The van der Waals surface area contributed by atoms with Crippen LogP contribution in [0.4, 0.5) is 0 Å². The van der Waals surface area contributed by atoms with Gasteiger partial charge in [-0.25, -0.2) is 0 Å². The summed E-state index contributed by atoms with van der Waals surface area (Å²) in [5, 5.41) is 3.37. The fraction of sp³-hybridized carbons (Fsp3) is 1.00. The lowest BCUT2D eigenvalue weighted by atomic mass is 10.4. The number of nitrogens with one attached hydrogen (secondary N) is 1. The second-order valence-electron chi connectivity index (χ2n) is 3.25. The molecule has 3 heteroatoms. The van der Waals surface area contributed by atoms with Gasteiger partial charge in [0.05, 0.1) is 0 Å². The molecule has 0 aromatic heterocycles. The minimum absolute atomic E-state index is 0.862. The Bertz CT molecular complexity index is 86.6. The van der Waals surface area contributed by atoms with Gasteiger partial charge in [-0.3, -0.25) is 0 Å². The number of hydrogen-bond donors (Lipinski definition) is 1. The maximum atomic E-state index is 4.94. The highest BCUT2D eigenvalue weighted by molar-refractivity contribution is 4.50. The highest BCUT2D eigenvalue weighted by Crippen LogP contribution is 1.82. The molecule has 0 unspecified atom stereocenters. The first-order chi connectivity index (χ1) is 5.77. The zero-order valence-electron chi connectivity index (χ0n) is 8.60. The molecule has 74 valence electrons. The molecule has 0 saturated carbocycles. The standard InChI is InChI=1S/C9H22N2O/c1-11(2)8-4-6-10-7-5-9-12-3/h10H,4-9H2,1-3H3. The molecule has 0 fully saturated rings. The molecule has 0 radical (unpaired) electrons. The minimum atomic E-state index is 0.862. The van der Waals surface area contributed by atoms with Crippen LogP contribution in [0.1, 0.15) is 12.8 Å². The van der Waals surface area contributed by atoms with E-state index in [0.717, 1.165) is 32.7 Å². The number of methoxy groups -OCH3 is 1. The average Bonchev–Trinajstić information content (AvgIpc) is 2.02. The molecular formula is C9H22N2O. The van der Waals surface area contributed by atoms with Crippen molar-refractivity contribution in [3.05, 3.63) is 0 Å². The Hall–Kier alpha value is -0.120. The summed E-state index contributed by atoms with van der Waals surface area (Å²) in [5.41, 5.74) is 0. The summed E-state index contributed by atoms with van der Waals surface area (Å²) in [4.78, 5) is 2.21. The van der Waals surface area contributed by atoms with Crippen molar-refractivity contribution >= 4 is 0 Å². The maximum absolute atomic E-state index is 4.94. The SMILES string of the molecule is COCCCNCCCN(C)C. The van der Waals surface area contributed by atoms with Gasteiger partial charge in [-0.2, -0.15) is 0 Å². The van der Waals surface area contributed by atoms with Crippen molar-refractivity contribution in [2.75, 3.05) is 47.4 Å². The van der Waals surface area contributed by atoms with Crippen LogP contribution in [0.2, 0.25) is 0 Å². The third kappa shape index (κ3) is 9.88. The van der Waals surface area contributed by atoms with Crippen molar-refractivity contribution < 1.29 is 4.74 Å². The van der Waals surface area contributed by atoms with E-state index in [1.807, 2.05) is 0 Å². The predicted molar refractivity (Wildman–Crippen MR) is 52.5 cm³/mol. The predicted octanol–water partition coefficient (Wildman–Crippen LogP) is 0.564. The summed E-state index contributed by atoms with van der Waals surface area (Å²) in [6.45, 7) is 4.21. The van der Waals surface area contributed by atoms with E-state index in [1.165, 1.54) is 6.42 Å². The maximum Gasteiger partial charge on any atom is 0.0474 e. The van der Waals surface area contributed by atoms with Crippen molar-refractivity contribution in [3.8, 4) is 0 Å². The first-order valence-electron chi connectivity index (χ1n) is 4.61. The quantitative estimate of drug-likeness (QED) is 0.544. The van der Waals surface area contributed by atoms with Crippen molar-refractivity contribution in [1.82, 2.24) is 10.2 Å². The third-order valence-electron chi connectivity index (χ3n) is 1.66.